The fourth-order valence-corrected chi connectivity index (χ4v) is 1.85. The molecule has 0 fully saturated rings. The van der Waals surface area contributed by atoms with E-state index in [-0.39, 0.29) is 4.35 Å². The van der Waals surface area contributed by atoms with Crippen molar-refractivity contribution in [1.82, 2.24) is 0 Å². The molecule has 66 valence electrons. The minimum atomic E-state index is -4.74. The van der Waals surface area contributed by atoms with Gasteiger partial charge in [0.25, 0.3) is 0 Å². The minimum absolute atomic E-state index is 0.00826. The van der Waals surface area contributed by atoms with Crippen LogP contribution in [0.4, 0.5) is 0 Å². The van der Waals surface area contributed by atoms with Crippen LogP contribution in [0.1, 0.15) is 0 Å². The van der Waals surface area contributed by atoms with Gasteiger partial charge >= 0.3 is 71.2 Å². The van der Waals surface area contributed by atoms with Gasteiger partial charge in [-0.2, -0.15) is 0 Å². The summed E-state index contributed by atoms with van der Waals surface area (Å²) in [6, 6.07) is 5.38. The van der Waals surface area contributed by atoms with E-state index >= 15 is 0 Å². The van der Waals surface area contributed by atoms with Crippen molar-refractivity contribution in [3.63, 3.8) is 0 Å². The van der Waals surface area contributed by atoms with Crippen LogP contribution in [0.25, 0.3) is 0 Å². The molecule has 0 atom stereocenters. The van der Waals surface area contributed by atoms with Crippen molar-refractivity contribution in [2.75, 3.05) is 0 Å². The van der Waals surface area contributed by atoms with Gasteiger partial charge in [-0.15, -0.1) is 0 Å². The zero-order valence-electron chi connectivity index (χ0n) is 6.04. The summed E-state index contributed by atoms with van der Waals surface area (Å²) in [5.41, 5.74) is 0. The third-order valence-corrected chi connectivity index (χ3v) is 3.35. The van der Waals surface area contributed by atoms with Crippen molar-refractivity contribution in [1.29, 1.82) is 0 Å². The summed E-state index contributed by atoms with van der Waals surface area (Å²) in [5.74, 6) is 5.18. The molecular weight excluding hydrogens is 225 g/mol. The SMILES string of the molecule is NOc1ccc([As](=O)(O)O)cc1. The van der Waals surface area contributed by atoms with Crippen molar-refractivity contribution in [2.24, 2.45) is 5.90 Å². The van der Waals surface area contributed by atoms with E-state index in [1.165, 1.54) is 24.3 Å². The topological polar surface area (TPSA) is 92.8 Å². The van der Waals surface area contributed by atoms with Gasteiger partial charge in [-0.1, -0.05) is 0 Å². The molecular formula is C6H8AsNO4. The molecule has 12 heavy (non-hydrogen) atoms. The van der Waals surface area contributed by atoms with Gasteiger partial charge in [0.05, 0.1) is 0 Å². The van der Waals surface area contributed by atoms with Crippen LogP contribution in [0.2, 0.25) is 0 Å². The summed E-state index contributed by atoms with van der Waals surface area (Å²) < 4.78 is 28.2. The second kappa shape index (κ2) is 3.33. The molecule has 0 spiro atoms. The molecule has 0 aromatic heterocycles. The van der Waals surface area contributed by atoms with Gasteiger partial charge in [0, 0.05) is 0 Å². The van der Waals surface area contributed by atoms with Crippen LogP contribution in [0.3, 0.4) is 0 Å². The Morgan fingerprint density at radius 2 is 1.75 bits per heavy atom. The number of hydrogen-bond donors (Lipinski definition) is 3. The van der Waals surface area contributed by atoms with Crippen LogP contribution in [-0.2, 0) is 3.74 Å². The molecule has 1 aromatic carbocycles. The zero-order valence-corrected chi connectivity index (χ0v) is 7.92. The van der Waals surface area contributed by atoms with E-state index in [2.05, 4.69) is 4.84 Å². The Morgan fingerprint density at radius 1 is 1.25 bits per heavy atom. The fourth-order valence-electron chi connectivity index (χ4n) is 0.719. The van der Waals surface area contributed by atoms with Crippen molar-refractivity contribution in [2.45, 2.75) is 0 Å². The average molecular weight is 233 g/mol. The zero-order chi connectivity index (χ0) is 9.19. The third kappa shape index (κ3) is 2.12. The Balaban J connectivity index is 3.01. The first-order valence-electron chi connectivity index (χ1n) is 3.07. The third-order valence-electron chi connectivity index (χ3n) is 1.31. The van der Waals surface area contributed by atoms with E-state index < -0.39 is 14.2 Å². The summed E-state index contributed by atoms with van der Waals surface area (Å²) in [7, 11) is 0. The molecule has 0 aliphatic heterocycles. The Labute approximate surface area is 71.7 Å². The first-order chi connectivity index (χ1) is 5.54. The van der Waals surface area contributed by atoms with Crippen LogP contribution >= 0.6 is 0 Å². The van der Waals surface area contributed by atoms with Crippen LogP contribution in [0.15, 0.2) is 24.3 Å². The van der Waals surface area contributed by atoms with Gasteiger partial charge in [0.1, 0.15) is 0 Å². The molecule has 0 heterocycles. The predicted octanol–water partition coefficient (Wildman–Crippen LogP) is -1.50. The molecule has 1 rings (SSSR count). The first kappa shape index (κ1) is 9.35. The number of benzene rings is 1. The Bertz CT molecular complexity index is 304. The maximum absolute atomic E-state index is 10.7. The van der Waals surface area contributed by atoms with Crippen LogP contribution in [0.5, 0.6) is 5.75 Å². The number of rotatable bonds is 2. The molecule has 0 saturated carbocycles. The molecule has 0 aliphatic carbocycles. The van der Waals surface area contributed by atoms with Crippen LogP contribution < -0.4 is 15.1 Å². The van der Waals surface area contributed by atoms with E-state index in [9.17, 15) is 3.74 Å². The molecule has 0 unspecified atom stereocenters. The molecule has 1 aromatic rings. The Hall–Kier alpha value is -0.742. The summed E-state index contributed by atoms with van der Waals surface area (Å²) in [6.45, 7) is 0. The molecule has 4 N–H and O–H groups in total. The molecule has 0 saturated heterocycles. The van der Waals surface area contributed by atoms with Gasteiger partial charge < -0.3 is 0 Å². The quantitative estimate of drug-likeness (QED) is 0.427. The summed E-state index contributed by atoms with van der Waals surface area (Å²) >= 11 is -4.74. The predicted molar refractivity (Wildman–Crippen MR) is 41.8 cm³/mol. The van der Waals surface area contributed by atoms with Crippen molar-refractivity contribution < 1.29 is 16.8 Å². The van der Waals surface area contributed by atoms with E-state index in [0.717, 1.165) is 0 Å². The van der Waals surface area contributed by atoms with Crippen molar-refractivity contribution in [3.05, 3.63) is 24.3 Å². The first-order valence-corrected chi connectivity index (χ1v) is 6.45. The monoisotopic (exact) mass is 233 g/mol. The van der Waals surface area contributed by atoms with E-state index in [4.69, 9.17) is 14.1 Å². The normalized spacial score (nSPS) is 11.2. The Morgan fingerprint density at radius 3 is 2.08 bits per heavy atom. The Kier molecular flexibility index (Phi) is 2.59. The standard InChI is InChI=1S/C6H8AsNO4/c8-12-6-3-1-5(2-4-6)7(9,10)11/h1-4H,8H2,(H2,9,10,11). The van der Waals surface area contributed by atoms with E-state index in [1.807, 2.05) is 0 Å². The van der Waals surface area contributed by atoms with Gasteiger partial charge in [0.15, 0.2) is 0 Å². The van der Waals surface area contributed by atoms with E-state index in [1.54, 1.807) is 0 Å². The summed E-state index contributed by atoms with van der Waals surface area (Å²) in [6.07, 6.45) is 0. The van der Waals surface area contributed by atoms with Crippen LogP contribution in [-0.4, -0.2) is 22.4 Å². The van der Waals surface area contributed by atoms with Crippen molar-refractivity contribution >= 4 is 18.5 Å². The molecule has 5 nitrogen and oxygen atoms in total. The van der Waals surface area contributed by atoms with Gasteiger partial charge in [-0.3, -0.25) is 0 Å². The summed E-state index contributed by atoms with van der Waals surface area (Å²) in [4.78, 5) is 4.34. The second-order valence-electron chi connectivity index (χ2n) is 2.16. The average Bonchev–Trinajstić information content (AvgIpc) is 2.03. The van der Waals surface area contributed by atoms with Crippen molar-refractivity contribution in [3.8, 4) is 5.75 Å². The molecule has 0 amide bonds. The number of nitrogens with two attached hydrogens (primary N) is 1. The molecule has 6 heteroatoms. The molecule has 0 aliphatic rings. The van der Waals surface area contributed by atoms with Crippen LogP contribution in [0, 0.1) is 0 Å². The van der Waals surface area contributed by atoms with Gasteiger partial charge in [-0.05, 0) is 0 Å². The summed E-state index contributed by atoms with van der Waals surface area (Å²) in [5, 5.41) is 0. The number of hydrogen-bond acceptors (Lipinski definition) is 3. The second-order valence-corrected chi connectivity index (χ2v) is 5.52. The van der Waals surface area contributed by atoms with E-state index in [0.29, 0.717) is 5.75 Å². The molecule has 0 radical (unpaired) electrons. The molecule has 0 bridgehead atoms. The van der Waals surface area contributed by atoms with Gasteiger partial charge in [-0.25, -0.2) is 0 Å². The maximum atomic E-state index is 10.7. The van der Waals surface area contributed by atoms with Gasteiger partial charge in [0.2, 0.25) is 0 Å². The fraction of sp³-hybridized carbons (Fsp3) is 0.